The Kier molecular flexibility index (Phi) is 4.53. The molecule has 1 heterocycles. The van der Waals surface area contributed by atoms with Crippen LogP contribution in [0.5, 0.6) is 0 Å². The van der Waals surface area contributed by atoms with Crippen LogP contribution in [0, 0.1) is 6.92 Å². The highest BCUT2D eigenvalue weighted by molar-refractivity contribution is 7.89. The molecule has 0 aliphatic rings. The maximum Gasteiger partial charge on any atom is 0.240 e. The molecule has 0 amide bonds. The molecule has 7 heteroatoms. The lowest BCUT2D eigenvalue weighted by Crippen LogP contribution is -2.26. The summed E-state index contributed by atoms with van der Waals surface area (Å²) in [5.41, 5.74) is 7.39. The number of aromatic nitrogens is 2. The van der Waals surface area contributed by atoms with Crippen molar-refractivity contribution >= 4 is 10.0 Å². The van der Waals surface area contributed by atoms with E-state index in [9.17, 15) is 8.42 Å². The number of rotatable bonds is 6. The summed E-state index contributed by atoms with van der Waals surface area (Å²) in [6.07, 6.45) is 3.86. The number of imidazole rings is 1. The van der Waals surface area contributed by atoms with Gasteiger partial charge in [-0.2, -0.15) is 0 Å². The van der Waals surface area contributed by atoms with Crippen molar-refractivity contribution in [3.63, 3.8) is 0 Å². The molecule has 4 N–H and O–H groups in total. The standard InChI is InChI=1S/C13H18N4O2S/c1-10-8-12(3-2-11(10)9-14)20(18,19)17-5-4-13-15-6-7-16-13/h2-3,6-8,17H,4-5,9,14H2,1H3,(H,15,16). The van der Waals surface area contributed by atoms with E-state index in [-0.39, 0.29) is 4.90 Å². The molecule has 1 aromatic heterocycles. The van der Waals surface area contributed by atoms with Crippen LogP contribution in [0.1, 0.15) is 17.0 Å². The van der Waals surface area contributed by atoms with Crippen LogP contribution in [0.25, 0.3) is 0 Å². The normalized spacial score (nSPS) is 11.7. The van der Waals surface area contributed by atoms with Gasteiger partial charge in [-0.3, -0.25) is 0 Å². The number of H-pyrrole nitrogens is 1. The Balaban J connectivity index is 2.04. The lowest BCUT2D eigenvalue weighted by molar-refractivity contribution is 0.581. The summed E-state index contributed by atoms with van der Waals surface area (Å²) in [5, 5.41) is 0. The molecule has 0 bridgehead atoms. The number of nitrogens with two attached hydrogens (primary N) is 1. The van der Waals surface area contributed by atoms with Crippen LogP contribution < -0.4 is 10.5 Å². The summed E-state index contributed by atoms with van der Waals surface area (Å²) >= 11 is 0. The molecule has 2 aromatic rings. The largest absolute Gasteiger partial charge is 0.349 e. The van der Waals surface area contributed by atoms with E-state index in [0.717, 1.165) is 17.0 Å². The van der Waals surface area contributed by atoms with Gasteiger partial charge in [-0.15, -0.1) is 0 Å². The van der Waals surface area contributed by atoms with Crippen LogP contribution in [-0.4, -0.2) is 24.9 Å². The molecule has 0 aliphatic heterocycles. The van der Waals surface area contributed by atoms with Gasteiger partial charge < -0.3 is 10.7 Å². The zero-order chi connectivity index (χ0) is 14.6. The zero-order valence-electron chi connectivity index (χ0n) is 11.3. The first-order chi connectivity index (χ1) is 9.53. The monoisotopic (exact) mass is 294 g/mol. The molecule has 6 nitrogen and oxygen atoms in total. The Morgan fingerprint density at radius 3 is 2.80 bits per heavy atom. The summed E-state index contributed by atoms with van der Waals surface area (Å²) < 4.78 is 26.8. The quantitative estimate of drug-likeness (QED) is 0.730. The van der Waals surface area contributed by atoms with Crippen molar-refractivity contribution in [2.75, 3.05) is 6.54 Å². The number of nitrogens with one attached hydrogen (secondary N) is 2. The van der Waals surface area contributed by atoms with Crippen LogP contribution in [0.3, 0.4) is 0 Å². The molecule has 0 spiro atoms. The van der Waals surface area contributed by atoms with Gasteiger partial charge in [-0.05, 0) is 30.2 Å². The van der Waals surface area contributed by atoms with Crippen LogP contribution in [0.4, 0.5) is 0 Å². The van der Waals surface area contributed by atoms with Gasteiger partial charge >= 0.3 is 0 Å². The lowest BCUT2D eigenvalue weighted by Gasteiger charge is -2.09. The highest BCUT2D eigenvalue weighted by atomic mass is 32.2. The van der Waals surface area contributed by atoms with Gasteiger partial charge in [-0.25, -0.2) is 18.1 Å². The number of nitrogens with zero attached hydrogens (tertiary/aromatic N) is 1. The fraction of sp³-hybridized carbons (Fsp3) is 0.308. The predicted molar refractivity (Wildman–Crippen MR) is 76.6 cm³/mol. The van der Waals surface area contributed by atoms with E-state index in [1.54, 1.807) is 30.6 Å². The molecule has 20 heavy (non-hydrogen) atoms. The Labute approximate surface area is 118 Å². The molecule has 2 rings (SSSR count). The number of sulfonamides is 1. The van der Waals surface area contributed by atoms with Crippen molar-refractivity contribution in [3.8, 4) is 0 Å². The van der Waals surface area contributed by atoms with Gasteiger partial charge in [0, 0.05) is 31.9 Å². The summed E-state index contributed by atoms with van der Waals surface area (Å²) in [5.74, 6) is 0.752. The molecule has 0 atom stereocenters. The molecule has 108 valence electrons. The van der Waals surface area contributed by atoms with Crippen molar-refractivity contribution in [1.29, 1.82) is 0 Å². The van der Waals surface area contributed by atoms with Crippen LogP contribution >= 0.6 is 0 Å². The van der Waals surface area contributed by atoms with Crippen molar-refractivity contribution < 1.29 is 8.42 Å². The fourth-order valence-corrected chi connectivity index (χ4v) is 3.00. The van der Waals surface area contributed by atoms with Crippen LogP contribution in [0.2, 0.25) is 0 Å². The van der Waals surface area contributed by atoms with Gasteiger partial charge in [0.1, 0.15) is 5.82 Å². The first kappa shape index (κ1) is 14.7. The third-order valence-corrected chi connectivity index (χ3v) is 4.51. The van der Waals surface area contributed by atoms with Gasteiger partial charge in [-0.1, -0.05) is 6.07 Å². The molecular weight excluding hydrogens is 276 g/mol. The SMILES string of the molecule is Cc1cc(S(=O)(=O)NCCc2ncc[nH]2)ccc1CN. The Morgan fingerprint density at radius 2 is 2.20 bits per heavy atom. The van der Waals surface area contributed by atoms with E-state index in [1.807, 2.05) is 6.92 Å². The number of hydrogen-bond donors (Lipinski definition) is 3. The minimum Gasteiger partial charge on any atom is -0.349 e. The van der Waals surface area contributed by atoms with Crippen molar-refractivity contribution in [2.24, 2.45) is 5.73 Å². The first-order valence-corrected chi connectivity index (χ1v) is 7.79. The average Bonchev–Trinajstić information content (AvgIpc) is 2.91. The van der Waals surface area contributed by atoms with Crippen molar-refractivity contribution in [2.45, 2.75) is 24.8 Å². The molecule has 1 aromatic carbocycles. The number of aryl methyl sites for hydroxylation is 1. The highest BCUT2D eigenvalue weighted by Gasteiger charge is 2.14. The van der Waals surface area contributed by atoms with E-state index in [1.165, 1.54) is 0 Å². The van der Waals surface area contributed by atoms with E-state index in [0.29, 0.717) is 19.5 Å². The summed E-state index contributed by atoms with van der Waals surface area (Å²) in [7, 11) is -3.49. The third kappa shape index (κ3) is 3.44. The van der Waals surface area contributed by atoms with E-state index in [2.05, 4.69) is 14.7 Å². The van der Waals surface area contributed by atoms with Crippen molar-refractivity contribution in [1.82, 2.24) is 14.7 Å². The number of aromatic amines is 1. The molecule has 0 aliphatic carbocycles. The molecule has 0 saturated heterocycles. The van der Waals surface area contributed by atoms with Crippen molar-refractivity contribution in [3.05, 3.63) is 47.5 Å². The second-order valence-electron chi connectivity index (χ2n) is 4.48. The average molecular weight is 294 g/mol. The topological polar surface area (TPSA) is 101 Å². The van der Waals surface area contributed by atoms with Gasteiger partial charge in [0.25, 0.3) is 0 Å². The van der Waals surface area contributed by atoms with E-state index in [4.69, 9.17) is 5.73 Å². The minimum atomic E-state index is -3.49. The number of hydrogen-bond acceptors (Lipinski definition) is 4. The molecular formula is C13H18N4O2S. The summed E-state index contributed by atoms with van der Waals surface area (Å²) in [6, 6.07) is 4.96. The first-order valence-electron chi connectivity index (χ1n) is 6.30. The van der Waals surface area contributed by atoms with Gasteiger partial charge in [0.05, 0.1) is 4.90 Å². The Bertz CT molecular complexity index is 666. The van der Waals surface area contributed by atoms with Gasteiger partial charge in [0.15, 0.2) is 0 Å². The maximum absolute atomic E-state index is 12.1. The molecule has 0 radical (unpaired) electrons. The zero-order valence-corrected chi connectivity index (χ0v) is 12.1. The minimum absolute atomic E-state index is 0.256. The highest BCUT2D eigenvalue weighted by Crippen LogP contribution is 2.15. The molecule has 0 unspecified atom stereocenters. The second-order valence-corrected chi connectivity index (χ2v) is 6.24. The van der Waals surface area contributed by atoms with Crippen LogP contribution in [0.15, 0.2) is 35.5 Å². The van der Waals surface area contributed by atoms with Crippen LogP contribution in [-0.2, 0) is 23.0 Å². The molecule has 0 fully saturated rings. The third-order valence-electron chi connectivity index (χ3n) is 3.05. The smallest absolute Gasteiger partial charge is 0.240 e. The fourth-order valence-electron chi connectivity index (χ4n) is 1.89. The second kappa shape index (κ2) is 6.17. The van der Waals surface area contributed by atoms with E-state index < -0.39 is 10.0 Å². The molecule has 0 saturated carbocycles. The summed E-state index contributed by atoms with van der Waals surface area (Å²) in [4.78, 5) is 7.22. The van der Waals surface area contributed by atoms with E-state index >= 15 is 0 Å². The maximum atomic E-state index is 12.1. The van der Waals surface area contributed by atoms with Gasteiger partial charge in [0.2, 0.25) is 10.0 Å². The Morgan fingerprint density at radius 1 is 1.40 bits per heavy atom. The number of benzene rings is 1. The predicted octanol–water partition coefficient (Wildman–Crippen LogP) is 0.698. The lowest BCUT2D eigenvalue weighted by atomic mass is 10.1. The summed E-state index contributed by atoms with van der Waals surface area (Å²) in [6.45, 7) is 2.55. The Hall–Kier alpha value is -1.70.